The molecule has 2 rings (SSSR count). The maximum atomic E-state index is 5.27. The fourth-order valence-corrected chi connectivity index (χ4v) is 1.80. The Hall–Kier alpha value is -1.74. The largest absolute Gasteiger partial charge is 0.359 e. The summed E-state index contributed by atoms with van der Waals surface area (Å²) in [7, 11) is 1.88. The van der Waals surface area contributed by atoms with E-state index in [1.165, 1.54) is 0 Å². The van der Waals surface area contributed by atoms with Gasteiger partial charge in [-0.05, 0) is 22.9 Å². The van der Waals surface area contributed by atoms with Gasteiger partial charge in [-0.25, -0.2) is 10.8 Å². The number of nitrogens with one attached hydrogen (secondary N) is 2. The molecule has 2 aromatic heterocycles. The molecule has 0 amide bonds. The number of hydrogen-bond acceptors (Lipinski definition) is 7. The summed E-state index contributed by atoms with van der Waals surface area (Å²) in [5.74, 6) is 7.05. The van der Waals surface area contributed by atoms with Gasteiger partial charge in [-0.2, -0.15) is 4.98 Å². The predicted octanol–water partition coefficient (Wildman–Crippen LogP) is 0.826. The third-order valence-corrected chi connectivity index (χ3v) is 2.94. The highest BCUT2D eigenvalue weighted by molar-refractivity contribution is 9.10. The number of nitrogens with zero attached hydrogens (tertiary/aromatic N) is 5. The van der Waals surface area contributed by atoms with Crippen LogP contribution in [-0.4, -0.2) is 24.7 Å². The van der Waals surface area contributed by atoms with E-state index < -0.39 is 0 Å². The normalized spacial score (nSPS) is 12.2. The molecule has 0 bridgehead atoms. The van der Waals surface area contributed by atoms with E-state index in [0.717, 1.165) is 10.3 Å². The fraction of sp³-hybridized carbons (Fsp3) is 0.333. The van der Waals surface area contributed by atoms with E-state index in [1.807, 2.05) is 18.5 Å². The fourth-order valence-electron chi connectivity index (χ4n) is 1.49. The molecule has 0 saturated heterocycles. The summed E-state index contributed by atoms with van der Waals surface area (Å²) in [5.41, 5.74) is 2.40. The quantitative estimate of drug-likeness (QED) is 0.567. The maximum Gasteiger partial charge on any atom is 0.239 e. The third-order valence-electron chi connectivity index (χ3n) is 2.36. The minimum absolute atomic E-state index is 0.0469. The Morgan fingerprint density at radius 1 is 1.50 bits per heavy atom. The van der Waals surface area contributed by atoms with Crippen LogP contribution in [0.5, 0.6) is 0 Å². The topological polar surface area (TPSA) is 107 Å². The molecule has 9 heteroatoms. The second-order valence-corrected chi connectivity index (χ2v) is 4.55. The summed E-state index contributed by atoms with van der Waals surface area (Å²) < 4.78 is 2.59. The van der Waals surface area contributed by atoms with Gasteiger partial charge in [-0.3, -0.25) is 5.43 Å². The smallest absolute Gasteiger partial charge is 0.239 e. The summed E-state index contributed by atoms with van der Waals surface area (Å²) in [6, 6.07) is -0.0469. The van der Waals surface area contributed by atoms with Gasteiger partial charge in [-0.15, -0.1) is 10.2 Å². The van der Waals surface area contributed by atoms with Gasteiger partial charge in [0.05, 0.1) is 10.5 Å². The maximum absolute atomic E-state index is 5.27. The molecule has 8 nitrogen and oxygen atoms in total. The Morgan fingerprint density at radius 2 is 2.28 bits per heavy atom. The molecule has 0 radical (unpaired) electrons. The van der Waals surface area contributed by atoms with E-state index in [-0.39, 0.29) is 6.04 Å². The minimum atomic E-state index is -0.0469. The number of rotatable bonds is 4. The molecule has 0 spiro atoms. The van der Waals surface area contributed by atoms with E-state index in [2.05, 4.69) is 46.8 Å². The van der Waals surface area contributed by atoms with Crippen LogP contribution < -0.4 is 16.6 Å². The lowest BCUT2D eigenvalue weighted by Gasteiger charge is -2.15. The van der Waals surface area contributed by atoms with E-state index in [9.17, 15) is 0 Å². The number of nitrogens with two attached hydrogens (primary N) is 1. The van der Waals surface area contributed by atoms with Crippen molar-refractivity contribution in [3.8, 4) is 0 Å². The van der Waals surface area contributed by atoms with Gasteiger partial charge < -0.3 is 9.88 Å². The second-order valence-electron chi connectivity index (χ2n) is 3.70. The number of aromatic nitrogens is 5. The van der Waals surface area contributed by atoms with Crippen molar-refractivity contribution in [3.63, 3.8) is 0 Å². The lowest BCUT2D eigenvalue weighted by atomic mass is 10.3. The molecule has 0 aliphatic rings. The lowest BCUT2D eigenvalue weighted by molar-refractivity contribution is 0.715. The molecule has 0 aromatic carbocycles. The van der Waals surface area contributed by atoms with Crippen LogP contribution in [0.15, 0.2) is 17.0 Å². The van der Waals surface area contributed by atoms with E-state index in [4.69, 9.17) is 5.84 Å². The predicted molar refractivity (Wildman–Crippen MR) is 70.6 cm³/mol. The lowest BCUT2D eigenvalue weighted by Crippen LogP contribution is -2.15. The Balaban J connectivity index is 2.21. The van der Waals surface area contributed by atoms with Gasteiger partial charge >= 0.3 is 0 Å². The SMILES string of the molecule is CC(Nc1nc(NN)ncc1Br)c1nncn1C. The first-order valence-electron chi connectivity index (χ1n) is 5.21. The zero-order valence-corrected chi connectivity index (χ0v) is 11.5. The molecule has 96 valence electrons. The van der Waals surface area contributed by atoms with Crippen LogP contribution in [0.1, 0.15) is 18.8 Å². The van der Waals surface area contributed by atoms with Crippen LogP contribution in [0, 0.1) is 0 Å². The first-order chi connectivity index (χ1) is 8.61. The van der Waals surface area contributed by atoms with Crippen LogP contribution in [-0.2, 0) is 7.05 Å². The summed E-state index contributed by atoms with van der Waals surface area (Å²) >= 11 is 3.37. The van der Waals surface area contributed by atoms with Crippen LogP contribution in [0.4, 0.5) is 11.8 Å². The van der Waals surface area contributed by atoms with E-state index in [1.54, 1.807) is 12.5 Å². The Labute approximate surface area is 112 Å². The summed E-state index contributed by atoms with van der Waals surface area (Å²) in [6.45, 7) is 1.97. The molecule has 0 aliphatic heterocycles. The number of nitrogen functional groups attached to an aromatic ring is 1. The third kappa shape index (κ3) is 2.57. The number of halogens is 1. The average Bonchev–Trinajstić information content (AvgIpc) is 2.78. The molecule has 0 aliphatic carbocycles. The van der Waals surface area contributed by atoms with Crippen molar-refractivity contribution in [1.82, 2.24) is 24.7 Å². The minimum Gasteiger partial charge on any atom is -0.359 e. The van der Waals surface area contributed by atoms with Gasteiger partial charge in [0.25, 0.3) is 0 Å². The second kappa shape index (κ2) is 5.27. The van der Waals surface area contributed by atoms with Crippen LogP contribution >= 0.6 is 15.9 Å². The zero-order chi connectivity index (χ0) is 13.1. The summed E-state index contributed by atoms with van der Waals surface area (Å²) in [4.78, 5) is 8.19. The van der Waals surface area contributed by atoms with Crippen molar-refractivity contribution in [1.29, 1.82) is 0 Å². The number of hydrazine groups is 1. The first kappa shape index (κ1) is 12.7. The van der Waals surface area contributed by atoms with Crippen molar-refractivity contribution < 1.29 is 0 Å². The zero-order valence-electron chi connectivity index (χ0n) is 9.92. The van der Waals surface area contributed by atoms with Crippen molar-refractivity contribution in [2.75, 3.05) is 10.7 Å². The molecule has 18 heavy (non-hydrogen) atoms. The van der Waals surface area contributed by atoms with Gasteiger partial charge in [-0.1, -0.05) is 0 Å². The molecule has 0 fully saturated rings. The van der Waals surface area contributed by atoms with Crippen molar-refractivity contribution in [3.05, 3.63) is 22.8 Å². The number of hydrogen-bond donors (Lipinski definition) is 3. The van der Waals surface area contributed by atoms with Crippen molar-refractivity contribution in [2.45, 2.75) is 13.0 Å². The highest BCUT2D eigenvalue weighted by Gasteiger charge is 2.14. The van der Waals surface area contributed by atoms with E-state index >= 15 is 0 Å². The van der Waals surface area contributed by atoms with Gasteiger partial charge in [0.15, 0.2) is 5.82 Å². The van der Waals surface area contributed by atoms with Gasteiger partial charge in [0.1, 0.15) is 12.1 Å². The summed E-state index contributed by atoms with van der Waals surface area (Å²) in [5, 5.41) is 11.1. The van der Waals surface area contributed by atoms with Crippen LogP contribution in [0.2, 0.25) is 0 Å². The molecule has 2 heterocycles. The van der Waals surface area contributed by atoms with Crippen LogP contribution in [0.3, 0.4) is 0 Å². The molecule has 1 unspecified atom stereocenters. The number of anilines is 2. The highest BCUT2D eigenvalue weighted by Crippen LogP contribution is 2.23. The molecule has 2 aromatic rings. The summed E-state index contributed by atoms with van der Waals surface area (Å²) in [6.07, 6.45) is 3.27. The Morgan fingerprint density at radius 3 is 2.89 bits per heavy atom. The van der Waals surface area contributed by atoms with Crippen molar-refractivity contribution in [2.24, 2.45) is 12.9 Å². The van der Waals surface area contributed by atoms with Crippen LogP contribution in [0.25, 0.3) is 0 Å². The average molecular weight is 313 g/mol. The van der Waals surface area contributed by atoms with Gasteiger partial charge in [0.2, 0.25) is 5.95 Å². The molecular formula is C9H13BrN8. The number of aryl methyl sites for hydroxylation is 1. The molecule has 0 saturated carbocycles. The van der Waals surface area contributed by atoms with E-state index in [0.29, 0.717) is 11.8 Å². The highest BCUT2D eigenvalue weighted by atomic mass is 79.9. The first-order valence-corrected chi connectivity index (χ1v) is 6.00. The monoisotopic (exact) mass is 312 g/mol. The van der Waals surface area contributed by atoms with Gasteiger partial charge in [0, 0.05) is 13.2 Å². The standard InChI is InChI=1S/C9H13BrN8/c1-5(8-17-13-4-18(8)2)14-7-6(10)3-12-9(15-7)16-11/h3-5H,11H2,1-2H3,(H2,12,14,15,16). The molecular weight excluding hydrogens is 300 g/mol. The Bertz CT molecular complexity index is 539. The van der Waals surface area contributed by atoms with Crippen molar-refractivity contribution >= 4 is 27.7 Å². The Kier molecular flexibility index (Phi) is 3.72. The molecule has 1 atom stereocenters. The molecule has 4 N–H and O–H groups in total.